The van der Waals surface area contributed by atoms with Gasteiger partial charge in [-0.3, -0.25) is 9.59 Å². The maximum atomic E-state index is 12.8. The van der Waals surface area contributed by atoms with Crippen molar-refractivity contribution in [3.8, 4) is 5.75 Å². The number of ketones is 1. The van der Waals surface area contributed by atoms with E-state index in [4.69, 9.17) is 4.74 Å². The average molecular weight is 322 g/mol. The number of fused-ring (bicyclic) bond motifs is 1. The topological polar surface area (TPSA) is 71.2 Å². The van der Waals surface area contributed by atoms with Gasteiger partial charge in [-0.1, -0.05) is 18.2 Å². The highest BCUT2D eigenvalue weighted by Gasteiger charge is 2.19. The highest BCUT2D eigenvalue weighted by molar-refractivity contribution is 6.15. The third-order valence-corrected chi connectivity index (χ3v) is 3.95. The highest BCUT2D eigenvalue weighted by Crippen LogP contribution is 2.31. The summed E-state index contributed by atoms with van der Waals surface area (Å²) in [5.41, 5.74) is 3.28. The Bertz CT molecular complexity index is 941. The average Bonchev–Trinajstić information content (AvgIpc) is 2.90. The quantitative estimate of drug-likeness (QED) is 0.715. The summed E-state index contributed by atoms with van der Waals surface area (Å²) in [5.74, 6) is 0.347. The molecule has 0 spiro atoms. The van der Waals surface area contributed by atoms with E-state index in [0.29, 0.717) is 22.6 Å². The van der Waals surface area contributed by atoms with Crippen LogP contribution in [0, 0.1) is 6.92 Å². The largest absolute Gasteiger partial charge is 0.496 e. The number of hydrogen-bond donors (Lipinski definition) is 2. The molecule has 0 aliphatic heterocycles. The molecule has 3 rings (SSSR count). The number of nitrogens with one attached hydrogen (secondary N) is 2. The third kappa shape index (κ3) is 2.76. The Hall–Kier alpha value is -3.08. The number of carbonyl (C=O) groups excluding carboxylic acids is 2. The van der Waals surface area contributed by atoms with Gasteiger partial charge >= 0.3 is 0 Å². The summed E-state index contributed by atoms with van der Waals surface area (Å²) >= 11 is 0. The maximum absolute atomic E-state index is 12.8. The lowest BCUT2D eigenvalue weighted by Crippen LogP contribution is -2.13. The molecule has 2 aromatic carbocycles. The SMILES string of the molecule is COc1cccc2[nH]c(C)c(C(=O)Nc3cccc(C(C)=O)c3)c12. The molecule has 0 aliphatic carbocycles. The third-order valence-electron chi connectivity index (χ3n) is 3.95. The molecule has 5 heteroatoms. The van der Waals surface area contributed by atoms with Crippen molar-refractivity contribution in [2.45, 2.75) is 13.8 Å². The zero-order valence-electron chi connectivity index (χ0n) is 13.8. The van der Waals surface area contributed by atoms with E-state index < -0.39 is 0 Å². The monoisotopic (exact) mass is 322 g/mol. The van der Waals surface area contributed by atoms with Crippen molar-refractivity contribution < 1.29 is 14.3 Å². The van der Waals surface area contributed by atoms with Gasteiger partial charge in [0.25, 0.3) is 5.91 Å². The number of benzene rings is 2. The summed E-state index contributed by atoms with van der Waals surface area (Å²) in [4.78, 5) is 27.5. The molecule has 1 aromatic heterocycles. The van der Waals surface area contributed by atoms with Crippen LogP contribution in [-0.2, 0) is 0 Å². The molecule has 0 fully saturated rings. The van der Waals surface area contributed by atoms with E-state index in [1.54, 1.807) is 31.4 Å². The van der Waals surface area contributed by atoms with Crippen molar-refractivity contribution in [1.29, 1.82) is 0 Å². The Morgan fingerprint density at radius 3 is 2.58 bits per heavy atom. The Balaban J connectivity index is 2.02. The second kappa shape index (κ2) is 6.20. The van der Waals surface area contributed by atoms with Crippen LogP contribution in [0.5, 0.6) is 5.75 Å². The number of carbonyl (C=O) groups is 2. The molecule has 122 valence electrons. The molecule has 0 atom stereocenters. The van der Waals surface area contributed by atoms with Crippen LogP contribution in [-0.4, -0.2) is 23.8 Å². The number of anilines is 1. The number of ether oxygens (including phenoxy) is 1. The number of amides is 1. The van der Waals surface area contributed by atoms with Gasteiger partial charge in [0.15, 0.2) is 5.78 Å². The van der Waals surface area contributed by atoms with Gasteiger partial charge in [-0.2, -0.15) is 0 Å². The van der Waals surface area contributed by atoms with Crippen LogP contribution in [0.1, 0.15) is 33.3 Å². The number of methoxy groups -OCH3 is 1. The van der Waals surface area contributed by atoms with Crippen molar-refractivity contribution >= 4 is 28.3 Å². The van der Waals surface area contributed by atoms with Gasteiger partial charge < -0.3 is 15.0 Å². The number of aromatic amines is 1. The molecule has 24 heavy (non-hydrogen) atoms. The molecule has 2 N–H and O–H groups in total. The first kappa shape index (κ1) is 15.8. The van der Waals surface area contributed by atoms with Crippen LogP contribution in [0.3, 0.4) is 0 Å². The zero-order chi connectivity index (χ0) is 17.3. The van der Waals surface area contributed by atoms with Crippen molar-refractivity contribution in [1.82, 2.24) is 4.98 Å². The van der Waals surface area contributed by atoms with Gasteiger partial charge in [-0.05, 0) is 38.1 Å². The number of aromatic nitrogens is 1. The first-order chi connectivity index (χ1) is 11.5. The standard InChI is InChI=1S/C19H18N2O3/c1-11-17(18-15(20-11)8-5-9-16(18)24-3)19(23)21-14-7-4-6-13(10-14)12(2)22/h4-10,20H,1-3H3,(H,21,23). The minimum atomic E-state index is -0.246. The molecule has 0 unspecified atom stereocenters. The predicted octanol–water partition coefficient (Wildman–Crippen LogP) is 3.94. The number of rotatable bonds is 4. The molecule has 3 aromatic rings. The first-order valence-corrected chi connectivity index (χ1v) is 7.59. The molecule has 0 radical (unpaired) electrons. The molecular weight excluding hydrogens is 304 g/mol. The van der Waals surface area contributed by atoms with E-state index >= 15 is 0 Å². The fourth-order valence-corrected chi connectivity index (χ4v) is 2.81. The van der Waals surface area contributed by atoms with Gasteiger partial charge in [0.05, 0.1) is 23.6 Å². The summed E-state index contributed by atoms with van der Waals surface area (Å²) in [6.07, 6.45) is 0. The lowest BCUT2D eigenvalue weighted by molar-refractivity contribution is 0.101. The molecule has 0 saturated carbocycles. The molecule has 1 heterocycles. The fourth-order valence-electron chi connectivity index (χ4n) is 2.81. The van der Waals surface area contributed by atoms with Gasteiger partial charge in [0.1, 0.15) is 5.75 Å². The normalized spacial score (nSPS) is 10.6. The lowest BCUT2D eigenvalue weighted by Gasteiger charge is -2.08. The minimum absolute atomic E-state index is 0.0453. The molecule has 1 amide bonds. The Kier molecular flexibility index (Phi) is 4.08. The second-order valence-electron chi connectivity index (χ2n) is 5.60. The van der Waals surface area contributed by atoms with E-state index in [9.17, 15) is 9.59 Å². The van der Waals surface area contributed by atoms with Gasteiger partial charge in [0, 0.05) is 16.9 Å². The summed E-state index contributed by atoms with van der Waals surface area (Å²) in [5, 5.41) is 3.61. The second-order valence-corrected chi connectivity index (χ2v) is 5.60. The molecule has 0 bridgehead atoms. The van der Waals surface area contributed by atoms with E-state index in [2.05, 4.69) is 10.3 Å². The van der Waals surface area contributed by atoms with E-state index in [0.717, 1.165) is 16.6 Å². The smallest absolute Gasteiger partial charge is 0.258 e. The Morgan fingerprint density at radius 1 is 1.12 bits per heavy atom. The van der Waals surface area contributed by atoms with E-state index in [1.807, 2.05) is 25.1 Å². The molecule has 5 nitrogen and oxygen atoms in total. The van der Waals surface area contributed by atoms with Crippen LogP contribution < -0.4 is 10.1 Å². The highest BCUT2D eigenvalue weighted by atomic mass is 16.5. The van der Waals surface area contributed by atoms with Gasteiger partial charge in [-0.25, -0.2) is 0 Å². The summed E-state index contributed by atoms with van der Waals surface area (Å²) in [6.45, 7) is 3.34. The lowest BCUT2D eigenvalue weighted by atomic mass is 10.1. The van der Waals surface area contributed by atoms with Crippen LogP contribution in [0.2, 0.25) is 0 Å². The fraction of sp³-hybridized carbons (Fsp3) is 0.158. The first-order valence-electron chi connectivity index (χ1n) is 7.59. The van der Waals surface area contributed by atoms with Crippen LogP contribution >= 0.6 is 0 Å². The summed E-state index contributed by atoms with van der Waals surface area (Å²) < 4.78 is 5.39. The minimum Gasteiger partial charge on any atom is -0.496 e. The number of aryl methyl sites for hydroxylation is 1. The Labute approximate surface area is 139 Å². The number of hydrogen-bond acceptors (Lipinski definition) is 3. The molecule has 0 saturated heterocycles. The van der Waals surface area contributed by atoms with Crippen LogP contribution in [0.4, 0.5) is 5.69 Å². The summed E-state index contributed by atoms with van der Waals surface area (Å²) in [7, 11) is 1.58. The van der Waals surface area contributed by atoms with Crippen molar-refractivity contribution in [3.05, 3.63) is 59.3 Å². The predicted molar refractivity (Wildman–Crippen MR) is 94.0 cm³/mol. The number of Topliss-reactive ketones (excluding diaryl/α,β-unsaturated/α-hetero) is 1. The zero-order valence-corrected chi connectivity index (χ0v) is 13.8. The van der Waals surface area contributed by atoms with Crippen molar-refractivity contribution in [3.63, 3.8) is 0 Å². The van der Waals surface area contributed by atoms with Crippen LogP contribution in [0.15, 0.2) is 42.5 Å². The molecular formula is C19H18N2O3. The van der Waals surface area contributed by atoms with E-state index in [1.165, 1.54) is 6.92 Å². The Morgan fingerprint density at radius 2 is 1.88 bits per heavy atom. The molecule has 0 aliphatic rings. The maximum Gasteiger partial charge on any atom is 0.258 e. The van der Waals surface area contributed by atoms with Crippen molar-refractivity contribution in [2.24, 2.45) is 0 Å². The van der Waals surface area contributed by atoms with Crippen molar-refractivity contribution in [2.75, 3.05) is 12.4 Å². The van der Waals surface area contributed by atoms with Gasteiger partial charge in [-0.15, -0.1) is 0 Å². The van der Waals surface area contributed by atoms with Gasteiger partial charge in [0.2, 0.25) is 0 Å². The van der Waals surface area contributed by atoms with Crippen LogP contribution in [0.25, 0.3) is 10.9 Å². The summed E-state index contributed by atoms with van der Waals surface area (Å²) in [6, 6.07) is 12.5. The number of H-pyrrole nitrogens is 1. The van der Waals surface area contributed by atoms with E-state index in [-0.39, 0.29) is 11.7 Å².